The lowest BCUT2D eigenvalue weighted by Gasteiger charge is -2.18. The average Bonchev–Trinajstić information content (AvgIpc) is 2.59. The van der Waals surface area contributed by atoms with Gasteiger partial charge in [-0.2, -0.15) is 0 Å². The van der Waals surface area contributed by atoms with E-state index in [2.05, 4.69) is 29.2 Å². The number of carbonyl (C=O) groups is 1. The van der Waals surface area contributed by atoms with Gasteiger partial charge in [-0.1, -0.05) is 43.7 Å². The lowest BCUT2D eigenvalue weighted by Crippen LogP contribution is -2.19. The van der Waals surface area contributed by atoms with E-state index >= 15 is 0 Å². The van der Waals surface area contributed by atoms with Gasteiger partial charge in [-0.3, -0.25) is 4.79 Å². The van der Waals surface area contributed by atoms with E-state index in [1.165, 1.54) is 12.0 Å². The molecule has 1 N–H and O–H groups in total. The quantitative estimate of drug-likeness (QED) is 0.804. The number of benzene rings is 1. The Labute approximate surface area is 138 Å². The topological polar surface area (TPSA) is 45.2 Å². The number of aromatic nitrogens is 1. The third kappa shape index (κ3) is 5.74. The molecule has 1 heterocycles. The van der Waals surface area contributed by atoms with Crippen molar-refractivity contribution in [3.05, 3.63) is 54.2 Å². The van der Waals surface area contributed by atoms with E-state index in [9.17, 15) is 4.79 Å². The molecule has 0 radical (unpaired) electrons. The number of unbranched alkanes of at least 4 members (excludes halogenated alkanes) is 1. The molecule has 4 heteroatoms. The van der Waals surface area contributed by atoms with Crippen LogP contribution in [0.25, 0.3) is 0 Å². The fourth-order valence-electron chi connectivity index (χ4n) is 2.32. The minimum absolute atomic E-state index is 0.00607. The minimum atomic E-state index is -0.00607. The van der Waals surface area contributed by atoms with Crippen LogP contribution in [0.1, 0.15) is 31.7 Å². The Morgan fingerprint density at radius 2 is 1.96 bits per heavy atom. The first-order valence-electron chi connectivity index (χ1n) is 8.20. The van der Waals surface area contributed by atoms with Gasteiger partial charge < -0.3 is 10.2 Å². The molecule has 2 aromatic rings. The SMILES string of the molecule is CCCCN(C)c1ccc(NC(=O)CCc2ccccc2)nc1. The van der Waals surface area contributed by atoms with Gasteiger partial charge in [0.1, 0.15) is 5.82 Å². The zero-order valence-electron chi connectivity index (χ0n) is 14.0. The van der Waals surface area contributed by atoms with Crippen molar-refractivity contribution >= 4 is 17.4 Å². The van der Waals surface area contributed by atoms with Crippen molar-refractivity contribution in [2.45, 2.75) is 32.6 Å². The van der Waals surface area contributed by atoms with Gasteiger partial charge in [0.15, 0.2) is 0 Å². The molecular weight excluding hydrogens is 286 g/mol. The number of aryl methyl sites for hydroxylation is 1. The first-order valence-corrected chi connectivity index (χ1v) is 8.20. The lowest BCUT2D eigenvalue weighted by atomic mass is 10.1. The van der Waals surface area contributed by atoms with Crippen molar-refractivity contribution in [1.29, 1.82) is 0 Å². The van der Waals surface area contributed by atoms with E-state index in [0.29, 0.717) is 12.2 Å². The number of pyridine rings is 1. The smallest absolute Gasteiger partial charge is 0.225 e. The number of carbonyl (C=O) groups excluding carboxylic acids is 1. The maximum atomic E-state index is 12.0. The van der Waals surface area contributed by atoms with Crippen LogP contribution >= 0.6 is 0 Å². The number of rotatable bonds is 8. The highest BCUT2D eigenvalue weighted by molar-refractivity contribution is 5.89. The fraction of sp³-hybridized carbons (Fsp3) is 0.368. The molecule has 0 atom stereocenters. The van der Waals surface area contributed by atoms with Crippen molar-refractivity contribution in [3.8, 4) is 0 Å². The maximum absolute atomic E-state index is 12.0. The second kappa shape index (κ2) is 8.93. The summed E-state index contributed by atoms with van der Waals surface area (Å²) >= 11 is 0. The Bertz CT molecular complexity index is 596. The average molecular weight is 311 g/mol. The van der Waals surface area contributed by atoms with E-state index in [4.69, 9.17) is 0 Å². The molecule has 1 amide bonds. The van der Waals surface area contributed by atoms with Crippen LogP contribution in [0.2, 0.25) is 0 Å². The predicted molar refractivity (Wildman–Crippen MR) is 95.8 cm³/mol. The maximum Gasteiger partial charge on any atom is 0.225 e. The van der Waals surface area contributed by atoms with Gasteiger partial charge in [-0.05, 0) is 30.5 Å². The number of nitrogens with zero attached hydrogens (tertiary/aromatic N) is 2. The van der Waals surface area contributed by atoms with E-state index in [-0.39, 0.29) is 5.91 Å². The molecule has 0 aliphatic rings. The minimum Gasteiger partial charge on any atom is -0.373 e. The lowest BCUT2D eigenvalue weighted by molar-refractivity contribution is -0.116. The summed E-state index contributed by atoms with van der Waals surface area (Å²) < 4.78 is 0. The molecule has 4 nitrogen and oxygen atoms in total. The van der Waals surface area contributed by atoms with Crippen molar-refractivity contribution in [1.82, 2.24) is 4.98 Å². The Morgan fingerprint density at radius 3 is 2.61 bits per heavy atom. The standard InChI is InChI=1S/C19H25N3O/c1-3-4-14-22(2)17-11-12-18(20-15-17)21-19(23)13-10-16-8-6-5-7-9-16/h5-9,11-12,15H,3-4,10,13-14H2,1-2H3,(H,20,21,23). The summed E-state index contributed by atoms with van der Waals surface area (Å²) in [6.07, 6.45) is 5.35. The third-order valence-electron chi connectivity index (χ3n) is 3.79. The third-order valence-corrected chi connectivity index (χ3v) is 3.79. The molecule has 1 aromatic heterocycles. The normalized spacial score (nSPS) is 10.3. The van der Waals surface area contributed by atoms with E-state index < -0.39 is 0 Å². The van der Waals surface area contributed by atoms with Crippen molar-refractivity contribution in [2.75, 3.05) is 23.8 Å². The van der Waals surface area contributed by atoms with Crippen LogP contribution in [0.3, 0.4) is 0 Å². The van der Waals surface area contributed by atoms with E-state index in [1.54, 1.807) is 0 Å². The van der Waals surface area contributed by atoms with Crippen LogP contribution in [-0.2, 0) is 11.2 Å². The molecule has 122 valence electrons. The zero-order chi connectivity index (χ0) is 16.5. The molecule has 0 aliphatic carbocycles. The van der Waals surface area contributed by atoms with Gasteiger partial charge in [0, 0.05) is 20.0 Å². The van der Waals surface area contributed by atoms with Crippen LogP contribution in [0.4, 0.5) is 11.5 Å². The Kier molecular flexibility index (Phi) is 6.60. The van der Waals surface area contributed by atoms with Gasteiger partial charge in [0.25, 0.3) is 0 Å². The summed E-state index contributed by atoms with van der Waals surface area (Å²) in [6.45, 7) is 3.20. The van der Waals surface area contributed by atoms with E-state index in [0.717, 1.165) is 25.1 Å². The van der Waals surface area contributed by atoms with Gasteiger partial charge >= 0.3 is 0 Å². The summed E-state index contributed by atoms with van der Waals surface area (Å²) in [6, 6.07) is 13.9. The molecule has 0 aliphatic heterocycles. The highest BCUT2D eigenvalue weighted by atomic mass is 16.1. The van der Waals surface area contributed by atoms with Crippen LogP contribution in [-0.4, -0.2) is 24.5 Å². The van der Waals surface area contributed by atoms with Crippen LogP contribution in [0, 0.1) is 0 Å². The second-order valence-corrected chi connectivity index (χ2v) is 5.71. The summed E-state index contributed by atoms with van der Waals surface area (Å²) in [5.74, 6) is 0.601. The molecule has 1 aromatic carbocycles. The summed E-state index contributed by atoms with van der Waals surface area (Å²) in [7, 11) is 2.06. The van der Waals surface area contributed by atoms with Gasteiger partial charge in [-0.15, -0.1) is 0 Å². The molecule has 23 heavy (non-hydrogen) atoms. The van der Waals surface area contributed by atoms with Crippen molar-refractivity contribution in [2.24, 2.45) is 0 Å². The summed E-state index contributed by atoms with van der Waals surface area (Å²) in [5, 5.41) is 2.85. The van der Waals surface area contributed by atoms with Gasteiger partial charge in [-0.25, -0.2) is 4.98 Å². The fourth-order valence-corrected chi connectivity index (χ4v) is 2.32. The largest absolute Gasteiger partial charge is 0.373 e. The van der Waals surface area contributed by atoms with Crippen molar-refractivity contribution in [3.63, 3.8) is 0 Å². The molecule has 0 unspecified atom stereocenters. The van der Waals surface area contributed by atoms with Crippen LogP contribution in [0.5, 0.6) is 0 Å². The van der Waals surface area contributed by atoms with Gasteiger partial charge in [0.05, 0.1) is 11.9 Å². The summed E-state index contributed by atoms with van der Waals surface area (Å²) in [4.78, 5) is 18.5. The molecule has 0 fully saturated rings. The van der Waals surface area contributed by atoms with Gasteiger partial charge in [0.2, 0.25) is 5.91 Å². The van der Waals surface area contributed by atoms with Crippen LogP contribution < -0.4 is 10.2 Å². The number of anilines is 2. The first-order chi connectivity index (χ1) is 11.2. The molecule has 0 bridgehead atoms. The highest BCUT2D eigenvalue weighted by Crippen LogP contribution is 2.14. The monoisotopic (exact) mass is 311 g/mol. The number of amides is 1. The Hall–Kier alpha value is -2.36. The second-order valence-electron chi connectivity index (χ2n) is 5.71. The number of nitrogens with one attached hydrogen (secondary N) is 1. The number of hydrogen-bond donors (Lipinski definition) is 1. The molecule has 0 saturated carbocycles. The van der Waals surface area contributed by atoms with Crippen LogP contribution in [0.15, 0.2) is 48.7 Å². The van der Waals surface area contributed by atoms with E-state index in [1.807, 2.05) is 48.7 Å². The molecule has 0 saturated heterocycles. The Morgan fingerprint density at radius 1 is 1.17 bits per heavy atom. The molecule has 2 rings (SSSR count). The first kappa shape index (κ1) is 17.0. The Balaban J connectivity index is 1.82. The summed E-state index contributed by atoms with van der Waals surface area (Å²) in [5.41, 5.74) is 2.24. The highest BCUT2D eigenvalue weighted by Gasteiger charge is 2.05. The van der Waals surface area contributed by atoms with Crippen molar-refractivity contribution < 1.29 is 4.79 Å². The molecule has 0 spiro atoms. The zero-order valence-corrected chi connectivity index (χ0v) is 14.0. The predicted octanol–water partition coefficient (Wildman–Crippen LogP) is 3.89. The number of hydrogen-bond acceptors (Lipinski definition) is 3. The molecular formula is C19H25N3O.